The van der Waals surface area contributed by atoms with Gasteiger partial charge in [0.25, 0.3) is 11.8 Å². The fourth-order valence-electron chi connectivity index (χ4n) is 3.12. The fraction of sp³-hybridized carbons (Fsp3) is 0.192. The maximum Gasteiger partial charge on any atom is 0.277 e. The Balaban J connectivity index is 1.50. The third-order valence-electron chi connectivity index (χ3n) is 4.76. The Hall–Kier alpha value is -4.33. The monoisotopic (exact) mass is 461 g/mol. The Morgan fingerprint density at radius 1 is 0.853 bits per heavy atom. The molecule has 8 heteroatoms. The minimum Gasteiger partial charge on any atom is -0.493 e. The quantitative estimate of drug-likeness (QED) is 0.353. The molecule has 34 heavy (non-hydrogen) atoms. The summed E-state index contributed by atoms with van der Waals surface area (Å²) in [7, 11) is 1.50. The maximum absolute atomic E-state index is 12.1. The second-order valence-electron chi connectivity index (χ2n) is 7.42. The van der Waals surface area contributed by atoms with Crippen molar-refractivity contribution in [2.45, 2.75) is 13.8 Å². The molecule has 2 amide bonds. The van der Waals surface area contributed by atoms with Crippen LogP contribution in [0.25, 0.3) is 0 Å². The largest absolute Gasteiger partial charge is 0.493 e. The summed E-state index contributed by atoms with van der Waals surface area (Å²) in [5.41, 5.74) is 5.72. The summed E-state index contributed by atoms with van der Waals surface area (Å²) in [6, 6.07) is 20.0. The van der Waals surface area contributed by atoms with Crippen LogP contribution in [0.4, 0.5) is 5.69 Å². The lowest BCUT2D eigenvalue weighted by Gasteiger charge is -2.11. The fourth-order valence-corrected chi connectivity index (χ4v) is 3.12. The van der Waals surface area contributed by atoms with Crippen LogP contribution in [0.1, 0.15) is 16.7 Å². The number of hydrazone groups is 1. The Labute approximate surface area is 198 Å². The van der Waals surface area contributed by atoms with Gasteiger partial charge in [-0.25, -0.2) is 5.43 Å². The van der Waals surface area contributed by atoms with E-state index in [-0.39, 0.29) is 25.0 Å². The summed E-state index contributed by atoms with van der Waals surface area (Å²) < 4.78 is 16.5. The van der Waals surface area contributed by atoms with Gasteiger partial charge >= 0.3 is 0 Å². The van der Waals surface area contributed by atoms with Crippen LogP contribution in [0.2, 0.25) is 0 Å². The minimum atomic E-state index is -0.379. The highest BCUT2D eigenvalue weighted by Gasteiger charge is 2.09. The molecule has 176 valence electrons. The molecule has 0 atom stereocenters. The Bertz CT molecular complexity index is 1140. The first-order valence-electron chi connectivity index (χ1n) is 10.6. The Kier molecular flexibility index (Phi) is 8.62. The zero-order chi connectivity index (χ0) is 24.3. The van der Waals surface area contributed by atoms with E-state index in [1.807, 2.05) is 50.2 Å². The van der Waals surface area contributed by atoms with Crippen molar-refractivity contribution in [3.63, 3.8) is 0 Å². The van der Waals surface area contributed by atoms with Gasteiger partial charge in [-0.1, -0.05) is 36.4 Å². The van der Waals surface area contributed by atoms with Gasteiger partial charge in [0.2, 0.25) is 0 Å². The van der Waals surface area contributed by atoms with Gasteiger partial charge in [0.15, 0.2) is 24.7 Å². The first-order chi connectivity index (χ1) is 16.5. The van der Waals surface area contributed by atoms with E-state index < -0.39 is 0 Å². The van der Waals surface area contributed by atoms with Crippen molar-refractivity contribution in [2.75, 3.05) is 25.6 Å². The number of anilines is 1. The van der Waals surface area contributed by atoms with Crippen LogP contribution in [0, 0.1) is 13.8 Å². The van der Waals surface area contributed by atoms with E-state index in [4.69, 9.17) is 14.2 Å². The molecule has 0 aliphatic rings. The van der Waals surface area contributed by atoms with Crippen molar-refractivity contribution < 1.29 is 23.8 Å². The lowest BCUT2D eigenvalue weighted by molar-refractivity contribution is -0.123. The molecule has 0 saturated heterocycles. The SMILES string of the molecule is COc1cc(/C=N\NC(=O)COc2c(C)cccc2C)ccc1OCC(=O)Nc1ccccc1. The molecule has 3 aromatic carbocycles. The number of aryl methyl sites for hydroxylation is 2. The van der Waals surface area contributed by atoms with Crippen molar-refractivity contribution in [3.05, 3.63) is 83.4 Å². The minimum absolute atomic E-state index is 0.149. The molecule has 0 heterocycles. The standard InChI is InChI=1S/C26H27N3O5/c1-18-8-7-9-19(2)26(18)34-17-25(31)29-27-15-20-12-13-22(23(14-20)32-3)33-16-24(30)28-21-10-5-4-6-11-21/h4-15H,16-17H2,1-3H3,(H,28,30)(H,29,31)/b27-15-. The molecule has 2 N–H and O–H groups in total. The predicted octanol–water partition coefficient (Wildman–Crippen LogP) is 3.86. The third-order valence-corrected chi connectivity index (χ3v) is 4.76. The number of benzene rings is 3. The van der Waals surface area contributed by atoms with E-state index in [1.165, 1.54) is 13.3 Å². The van der Waals surface area contributed by atoms with Gasteiger partial charge in [0.1, 0.15) is 5.75 Å². The van der Waals surface area contributed by atoms with Crippen LogP contribution in [0.15, 0.2) is 71.8 Å². The van der Waals surface area contributed by atoms with E-state index in [0.29, 0.717) is 28.5 Å². The number of rotatable bonds is 10. The number of hydrogen-bond acceptors (Lipinski definition) is 6. The molecule has 0 aliphatic carbocycles. The van der Waals surface area contributed by atoms with Gasteiger partial charge < -0.3 is 19.5 Å². The highest BCUT2D eigenvalue weighted by atomic mass is 16.5. The topological polar surface area (TPSA) is 98.2 Å². The van der Waals surface area contributed by atoms with Gasteiger partial charge in [0.05, 0.1) is 13.3 Å². The average molecular weight is 462 g/mol. The third kappa shape index (κ3) is 7.09. The molecule has 0 aliphatic heterocycles. The Morgan fingerprint density at radius 3 is 2.26 bits per heavy atom. The van der Waals surface area contributed by atoms with Gasteiger partial charge in [-0.15, -0.1) is 0 Å². The van der Waals surface area contributed by atoms with Gasteiger partial charge in [-0.05, 0) is 60.9 Å². The van der Waals surface area contributed by atoms with Crippen LogP contribution >= 0.6 is 0 Å². The molecule has 0 saturated carbocycles. The first-order valence-corrected chi connectivity index (χ1v) is 10.6. The van der Waals surface area contributed by atoms with E-state index in [1.54, 1.807) is 30.3 Å². The molecule has 3 aromatic rings. The van der Waals surface area contributed by atoms with Crippen LogP contribution < -0.4 is 25.0 Å². The van der Waals surface area contributed by atoms with Crippen LogP contribution in [-0.4, -0.2) is 38.4 Å². The molecule has 0 aromatic heterocycles. The van der Waals surface area contributed by atoms with Crippen molar-refractivity contribution >= 4 is 23.7 Å². The summed E-state index contributed by atoms with van der Waals surface area (Å²) in [4.78, 5) is 24.1. The normalized spacial score (nSPS) is 10.6. The van der Waals surface area contributed by atoms with E-state index in [9.17, 15) is 9.59 Å². The van der Waals surface area contributed by atoms with Crippen molar-refractivity contribution in [2.24, 2.45) is 5.10 Å². The number of carbonyl (C=O) groups excluding carboxylic acids is 2. The Morgan fingerprint density at radius 2 is 1.56 bits per heavy atom. The molecule has 0 spiro atoms. The summed E-state index contributed by atoms with van der Waals surface area (Å²) in [5, 5.41) is 6.71. The molecule has 0 bridgehead atoms. The lowest BCUT2D eigenvalue weighted by atomic mass is 10.1. The van der Waals surface area contributed by atoms with Crippen molar-refractivity contribution in [3.8, 4) is 17.2 Å². The highest BCUT2D eigenvalue weighted by Crippen LogP contribution is 2.27. The predicted molar refractivity (Wildman–Crippen MR) is 131 cm³/mol. The van der Waals surface area contributed by atoms with Gasteiger partial charge in [-0.3, -0.25) is 9.59 Å². The molecule has 8 nitrogen and oxygen atoms in total. The molecule has 3 rings (SSSR count). The van der Waals surface area contributed by atoms with Gasteiger partial charge in [-0.2, -0.15) is 5.10 Å². The van der Waals surface area contributed by atoms with E-state index in [0.717, 1.165) is 11.1 Å². The van der Waals surface area contributed by atoms with Gasteiger partial charge in [0, 0.05) is 5.69 Å². The number of amides is 2. The molecule has 0 radical (unpaired) electrons. The van der Waals surface area contributed by atoms with E-state index in [2.05, 4.69) is 15.8 Å². The number of ether oxygens (including phenoxy) is 3. The summed E-state index contributed by atoms with van der Waals surface area (Å²) in [6.07, 6.45) is 1.48. The molecule has 0 unspecified atom stereocenters. The number of carbonyl (C=O) groups is 2. The number of hydrogen-bond donors (Lipinski definition) is 2. The lowest BCUT2D eigenvalue weighted by Crippen LogP contribution is -2.25. The number of nitrogens with one attached hydrogen (secondary N) is 2. The number of methoxy groups -OCH3 is 1. The zero-order valence-corrected chi connectivity index (χ0v) is 19.3. The number of para-hydroxylation sites is 2. The van der Waals surface area contributed by atoms with Crippen molar-refractivity contribution in [1.82, 2.24) is 5.43 Å². The van der Waals surface area contributed by atoms with Crippen molar-refractivity contribution in [1.29, 1.82) is 0 Å². The van der Waals surface area contributed by atoms with E-state index >= 15 is 0 Å². The smallest absolute Gasteiger partial charge is 0.277 e. The summed E-state index contributed by atoms with van der Waals surface area (Å²) in [5.74, 6) is 0.870. The number of nitrogens with zero attached hydrogens (tertiary/aromatic N) is 1. The molecular formula is C26H27N3O5. The second kappa shape index (κ2) is 12.1. The maximum atomic E-state index is 12.1. The van der Waals surface area contributed by atoms with Crippen LogP contribution in [0.3, 0.4) is 0 Å². The van der Waals surface area contributed by atoms with Crippen LogP contribution in [0.5, 0.6) is 17.2 Å². The average Bonchev–Trinajstić information content (AvgIpc) is 2.83. The summed E-state index contributed by atoms with van der Waals surface area (Å²) in [6.45, 7) is 3.53. The molecule has 0 fully saturated rings. The first kappa shape index (κ1) is 24.3. The summed E-state index contributed by atoms with van der Waals surface area (Å²) >= 11 is 0. The highest BCUT2D eigenvalue weighted by molar-refractivity contribution is 5.92. The zero-order valence-electron chi connectivity index (χ0n) is 19.3. The van der Waals surface area contributed by atoms with Crippen LogP contribution in [-0.2, 0) is 9.59 Å². The molecular weight excluding hydrogens is 434 g/mol. The second-order valence-corrected chi connectivity index (χ2v) is 7.42.